The Bertz CT molecular complexity index is 386. The molecule has 3 nitrogen and oxygen atoms in total. The minimum Gasteiger partial charge on any atom is -0.299 e. The van der Waals surface area contributed by atoms with Crippen LogP contribution in [-0.2, 0) is 11.3 Å². The predicted octanol–water partition coefficient (Wildman–Crippen LogP) is 3.17. The van der Waals surface area contributed by atoms with Crippen LogP contribution < -0.4 is 0 Å². The van der Waals surface area contributed by atoms with E-state index in [1.54, 1.807) is 6.20 Å². The highest BCUT2D eigenvalue weighted by Crippen LogP contribution is 2.33. The Labute approximate surface area is 101 Å². The van der Waals surface area contributed by atoms with Crippen molar-refractivity contribution in [1.82, 2.24) is 9.78 Å². The Balaban J connectivity index is 2.29. The number of carbonyl (C=O) groups is 1. The highest BCUT2D eigenvalue weighted by molar-refractivity contribution is 6.31. The summed E-state index contributed by atoms with van der Waals surface area (Å²) < 4.78 is 1.90. The first kappa shape index (κ1) is 11.6. The zero-order chi connectivity index (χ0) is 11.5. The van der Waals surface area contributed by atoms with E-state index in [1.807, 2.05) is 4.68 Å². The number of nitrogens with zero attached hydrogens (tertiary/aromatic N) is 2. The van der Waals surface area contributed by atoms with Crippen LogP contribution >= 0.6 is 11.6 Å². The number of Topliss-reactive ketones (excluding diaryl/α,β-unsaturated/α-hetero) is 1. The molecule has 0 saturated heterocycles. The van der Waals surface area contributed by atoms with E-state index in [2.05, 4.69) is 12.0 Å². The zero-order valence-electron chi connectivity index (χ0n) is 9.58. The number of halogens is 1. The van der Waals surface area contributed by atoms with Crippen LogP contribution in [-0.4, -0.2) is 15.6 Å². The molecular weight excluding hydrogens is 224 g/mol. The van der Waals surface area contributed by atoms with Crippen molar-refractivity contribution in [2.45, 2.75) is 51.5 Å². The van der Waals surface area contributed by atoms with E-state index in [4.69, 9.17) is 11.6 Å². The third kappa shape index (κ3) is 2.14. The molecule has 1 aromatic rings. The average molecular weight is 241 g/mol. The van der Waals surface area contributed by atoms with Crippen LogP contribution in [0, 0.1) is 0 Å². The Morgan fingerprint density at radius 1 is 1.56 bits per heavy atom. The lowest BCUT2D eigenvalue weighted by molar-refractivity contribution is -0.122. The summed E-state index contributed by atoms with van der Waals surface area (Å²) in [5, 5.41) is 4.89. The fourth-order valence-corrected chi connectivity index (χ4v) is 2.65. The topological polar surface area (TPSA) is 34.9 Å². The molecule has 0 amide bonds. The average Bonchev–Trinajstić information content (AvgIpc) is 2.62. The largest absolute Gasteiger partial charge is 0.299 e. The van der Waals surface area contributed by atoms with Crippen molar-refractivity contribution in [3.8, 4) is 0 Å². The van der Waals surface area contributed by atoms with Crippen molar-refractivity contribution < 1.29 is 4.79 Å². The quantitative estimate of drug-likeness (QED) is 0.814. The number of aryl methyl sites for hydroxylation is 1. The summed E-state index contributed by atoms with van der Waals surface area (Å²) in [5.74, 6) is 0.307. The van der Waals surface area contributed by atoms with Crippen LogP contribution in [0.15, 0.2) is 6.20 Å². The molecule has 0 radical (unpaired) electrons. The first-order chi connectivity index (χ1) is 7.74. The van der Waals surface area contributed by atoms with E-state index in [-0.39, 0.29) is 5.92 Å². The van der Waals surface area contributed by atoms with Crippen molar-refractivity contribution in [3.63, 3.8) is 0 Å². The SMILES string of the molecule is CCCn1ncc(Cl)c1C1CCCCC1=O. The summed E-state index contributed by atoms with van der Waals surface area (Å²) in [6, 6.07) is 0. The minimum atomic E-state index is -0.0182. The van der Waals surface area contributed by atoms with Gasteiger partial charge in [-0.1, -0.05) is 24.9 Å². The van der Waals surface area contributed by atoms with Crippen LogP contribution in [0.3, 0.4) is 0 Å². The lowest BCUT2D eigenvalue weighted by atomic mass is 9.85. The van der Waals surface area contributed by atoms with Crippen molar-refractivity contribution in [2.75, 3.05) is 0 Å². The van der Waals surface area contributed by atoms with E-state index in [0.29, 0.717) is 17.2 Å². The molecule has 0 bridgehead atoms. The molecule has 88 valence electrons. The second kappa shape index (κ2) is 5.00. The number of rotatable bonds is 3. The van der Waals surface area contributed by atoms with Gasteiger partial charge in [-0.25, -0.2) is 0 Å². The first-order valence-electron chi connectivity index (χ1n) is 5.98. The van der Waals surface area contributed by atoms with E-state index >= 15 is 0 Å². The maximum absolute atomic E-state index is 11.9. The van der Waals surface area contributed by atoms with Gasteiger partial charge < -0.3 is 0 Å². The molecule has 0 N–H and O–H groups in total. The fourth-order valence-electron chi connectivity index (χ4n) is 2.38. The Morgan fingerprint density at radius 2 is 2.38 bits per heavy atom. The van der Waals surface area contributed by atoms with Gasteiger partial charge in [0.25, 0.3) is 0 Å². The predicted molar refractivity (Wildman–Crippen MR) is 63.7 cm³/mol. The third-order valence-electron chi connectivity index (χ3n) is 3.15. The van der Waals surface area contributed by atoms with Gasteiger partial charge in [0.2, 0.25) is 0 Å². The fraction of sp³-hybridized carbons (Fsp3) is 0.667. The molecular formula is C12H17ClN2O. The van der Waals surface area contributed by atoms with Gasteiger partial charge in [-0.2, -0.15) is 5.10 Å². The Kier molecular flexibility index (Phi) is 3.64. The number of hydrogen-bond acceptors (Lipinski definition) is 2. The molecule has 1 atom stereocenters. The molecule has 16 heavy (non-hydrogen) atoms. The molecule has 1 fully saturated rings. The molecule has 1 aromatic heterocycles. The zero-order valence-corrected chi connectivity index (χ0v) is 10.3. The molecule has 1 aliphatic rings. The molecule has 1 heterocycles. The summed E-state index contributed by atoms with van der Waals surface area (Å²) in [5.41, 5.74) is 0.938. The Hall–Kier alpha value is -0.830. The van der Waals surface area contributed by atoms with Gasteiger partial charge in [-0.3, -0.25) is 9.48 Å². The van der Waals surface area contributed by atoms with Crippen molar-refractivity contribution >= 4 is 17.4 Å². The highest BCUT2D eigenvalue weighted by atomic mass is 35.5. The Morgan fingerprint density at radius 3 is 3.06 bits per heavy atom. The first-order valence-corrected chi connectivity index (χ1v) is 6.35. The summed E-state index contributed by atoms with van der Waals surface area (Å²) in [7, 11) is 0. The molecule has 0 aliphatic heterocycles. The molecule has 2 rings (SSSR count). The van der Waals surface area contributed by atoms with E-state index in [9.17, 15) is 4.79 Å². The van der Waals surface area contributed by atoms with Gasteiger partial charge in [-0.15, -0.1) is 0 Å². The van der Waals surface area contributed by atoms with Crippen LogP contribution in [0.1, 0.15) is 50.6 Å². The van der Waals surface area contributed by atoms with E-state index < -0.39 is 0 Å². The smallest absolute Gasteiger partial charge is 0.141 e. The van der Waals surface area contributed by atoms with Gasteiger partial charge in [0.15, 0.2) is 0 Å². The van der Waals surface area contributed by atoms with Gasteiger partial charge >= 0.3 is 0 Å². The van der Waals surface area contributed by atoms with E-state index in [1.165, 1.54) is 0 Å². The van der Waals surface area contributed by atoms with Crippen molar-refractivity contribution in [1.29, 1.82) is 0 Å². The van der Waals surface area contributed by atoms with Gasteiger partial charge in [0.1, 0.15) is 5.78 Å². The van der Waals surface area contributed by atoms with Crippen molar-refractivity contribution in [3.05, 3.63) is 16.9 Å². The molecule has 0 spiro atoms. The highest BCUT2D eigenvalue weighted by Gasteiger charge is 2.28. The monoisotopic (exact) mass is 240 g/mol. The summed E-state index contributed by atoms with van der Waals surface area (Å²) >= 11 is 6.14. The number of hydrogen-bond donors (Lipinski definition) is 0. The van der Waals surface area contributed by atoms with Gasteiger partial charge in [0, 0.05) is 13.0 Å². The van der Waals surface area contributed by atoms with Gasteiger partial charge in [-0.05, 0) is 19.3 Å². The third-order valence-corrected chi connectivity index (χ3v) is 3.44. The molecule has 1 aliphatic carbocycles. The second-order valence-corrected chi connectivity index (χ2v) is 4.77. The number of carbonyl (C=O) groups excluding carboxylic acids is 1. The van der Waals surface area contributed by atoms with E-state index in [0.717, 1.165) is 37.9 Å². The van der Waals surface area contributed by atoms with Crippen molar-refractivity contribution in [2.24, 2.45) is 0 Å². The second-order valence-electron chi connectivity index (χ2n) is 4.37. The summed E-state index contributed by atoms with van der Waals surface area (Å²) in [4.78, 5) is 11.9. The van der Waals surface area contributed by atoms with Crippen LogP contribution in [0.4, 0.5) is 0 Å². The lowest BCUT2D eigenvalue weighted by Crippen LogP contribution is -2.21. The summed E-state index contributed by atoms with van der Waals surface area (Å²) in [6.45, 7) is 2.94. The maximum Gasteiger partial charge on any atom is 0.141 e. The van der Waals surface area contributed by atoms with Crippen LogP contribution in [0.2, 0.25) is 5.02 Å². The summed E-state index contributed by atoms with van der Waals surface area (Å²) in [6.07, 6.45) is 6.42. The number of ketones is 1. The lowest BCUT2D eigenvalue weighted by Gasteiger charge is -2.21. The van der Waals surface area contributed by atoms with Crippen LogP contribution in [0.25, 0.3) is 0 Å². The normalized spacial score (nSPS) is 21.4. The molecule has 1 unspecified atom stereocenters. The molecule has 1 saturated carbocycles. The molecule has 0 aromatic carbocycles. The standard InChI is InChI=1S/C12H17ClN2O/c1-2-7-15-12(10(13)8-14-15)9-5-3-4-6-11(9)16/h8-9H,2-7H2,1H3. The van der Waals surface area contributed by atoms with Crippen LogP contribution in [0.5, 0.6) is 0 Å². The molecule has 4 heteroatoms. The minimum absolute atomic E-state index is 0.0182. The van der Waals surface area contributed by atoms with Gasteiger partial charge in [0.05, 0.1) is 22.8 Å². The maximum atomic E-state index is 11.9. The number of aromatic nitrogens is 2.